The van der Waals surface area contributed by atoms with E-state index in [1.807, 2.05) is 0 Å². The van der Waals surface area contributed by atoms with Gasteiger partial charge >= 0.3 is 0 Å². The fraction of sp³-hybridized carbons (Fsp3) is 0. The molecule has 0 aliphatic heterocycles. The molecule has 0 radical (unpaired) electrons. The Kier molecular flexibility index (Phi) is 2.27. The minimum atomic E-state index is -0.120. The predicted octanol–water partition coefficient (Wildman–Crippen LogP) is 3.71. The molecule has 2 aromatic heterocycles. The summed E-state index contributed by atoms with van der Waals surface area (Å²) in [6.07, 6.45) is 3.06. The van der Waals surface area contributed by atoms with Crippen molar-refractivity contribution in [3.05, 3.63) is 58.1 Å². The standard InChI is InChI=1S/C13H7ClO3/c14-9-1-2-12-10(5-9)11(15)6-13(17-12)8-3-4-16-7-8/h1-7H. The van der Waals surface area contributed by atoms with Gasteiger partial charge in [0.15, 0.2) is 5.43 Å². The molecule has 0 saturated heterocycles. The minimum Gasteiger partial charge on any atom is -0.472 e. The van der Waals surface area contributed by atoms with Crippen molar-refractivity contribution in [1.29, 1.82) is 0 Å². The van der Waals surface area contributed by atoms with E-state index >= 15 is 0 Å². The Morgan fingerprint density at radius 2 is 2.00 bits per heavy atom. The lowest BCUT2D eigenvalue weighted by Crippen LogP contribution is -1.99. The van der Waals surface area contributed by atoms with Crippen LogP contribution in [0.2, 0.25) is 5.02 Å². The molecule has 3 aromatic rings. The van der Waals surface area contributed by atoms with Gasteiger partial charge in [0, 0.05) is 11.1 Å². The Morgan fingerprint density at radius 3 is 2.76 bits per heavy atom. The fourth-order valence-corrected chi connectivity index (χ4v) is 1.85. The van der Waals surface area contributed by atoms with Crippen LogP contribution in [0, 0.1) is 0 Å². The summed E-state index contributed by atoms with van der Waals surface area (Å²) in [6.45, 7) is 0. The van der Waals surface area contributed by atoms with Crippen LogP contribution in [0.25, 0.3) is 22.3 Å². The Morgan fingerprint density at radius 1 is 1.12 bits per heavy atom. The Hall–Kier alpha value is -2.00. The summed E-state index contributed by atoms with van der Waals surface area (Å²) in [5, 5.41) is 0.991. The topological polar surface area (TPSA) is 43.4 Å². The normalized spacial score (nSPS) is 10.9. The van der Waals surface area contributed by atoms with E-state index in [2.05, 4.69) is 0 Å². The molecule has 17 heavy (non-hydrogen) atoms. The molecule has 0 N–H and O–H groups in total. The first kappa shape index (κ1) is 10.2. The number of hydrogen-bond acceptors (Lipinski definition) is 3. The van der Waals surface area contributed by atoms with Gasteiger partial charge < -0.3 is 8.83 Å². The Bertz CT molecular complexity index is 726. The molecule has 0 aliphatic rings. The van der Waals surface area contributed by atoms with E-state index in [0.717, 1.165) is 5.56 Å². The van der Waals surface area contributed by atoms with Gasteiger partial charge in [0.1, 0.15) is 17.6 Å². The predicted molar refractivity (Wildman–Crippen MR) is 65.2 cm³/mol. The monoisotopic (exact) mass is 246 g/mol. The van der Waals surface area contributed by atoms with Crippen LogP contribution in [0.4, 0.5) is 0 Å². The van der Waals surface area contributed by atoms with Crippen molar-refractivity contribution in [2.75, 3.05) is 0 Å². The van der Waals surface area contributed by atoms with E-state index in [1.165, 1.54) is 18.6 Å². The summed E-state index contributed by atoms with van der Waals surface area (Å²) < 4.78 is 10.6. The van der Waals surface area contributed by atoms with Crippen molar-refractivity contribution >= 4 is 22.6 Å². The van der Waals surface area contributed by atoms with Crippen LogP contribution in [-0.4, -0.2) is 0 Å². The van der Waals surface area contributed by atoms with Crippen molar-refractivity contribution in [2.24, 2.45) is 0 Å². The van der Waals surface area contributed by atoms with Gasteiger partial charge in [0.2, 0.25) is 0 Å². The lowest BCUT2D eigenvalue weighted by atomic mass is 10.2. The smallest absolute Gasteiger partial charge is 0.193 e. The third-order valence-corrected chi connectivity index (χ3v) is 2.73. The number of hydrogen-bond donors (Lipinski definition) is 0. The highest BCUT2D eigenvalue weighted by molar-refractivity contribution is 6.31. The molecular formula is C13H7ClO3. The fourth-order valence-electron chi connectivity index (χ4n) is 1.68. The molecule has 4 heteroatoms. The molecule has 0 bridgehead atoms. The highest BCUT2D eigenvalue weighted by Gasteiger charge is 2.07. The van der Waals surface area contributed by atoms with Crippen LogP contribution < -0.4 is 5.43 Å². The number of furan rings is 1. The van der Waals surface area contributed by atoms with Crippen LogP contribution in [0.5, 0.6) is 0 Å². The highest BCUT2D eigenvalue weighted by Crippen LogP contribution is 2.23. The zero-order chi connectivity index (χ0) is 11.8. The second kappa shape index (κ2) is 3.79. The first-order valence-corrected chi connectivity index (χ1v) is 5.38. The second-order valence-corrected chi connectivity index (χ2v) is 4.06. The van der Waals surface area contributed by atoms with Crippen molar-refractivity contribution in [1.82, 2.24) is 0 Å². The third-order valence-electron chi connectivity index (χ3n) is 2.49. The summed E-state index contributed by atoms with van der Waals surface area (Å²) in [6, 6.07) is 8.14. The molecule has 0 amide bonds. The molecule has 3 nitrogen and oxygen atoms in total. The number of benzene rings is 1. The molecule has 3 rings (SSSR count). The van der Waals surface area contributed by atoms with Gasteiger partial charge in [-0.05, 0) is 24.3 Å². The van der Waals surface area contributed by atoms with E-state index in [0.29, 0.717) is 21.8 Å². The Labute approximate surface area is 101 Å². The molecule has 2 heterocycles. The summed E-state index contributed by atoms with van der Waals surface area (Å²) in [5.41, 5.74) is 1.13. The molecule has 0 aliphatic carbocycles. The lowest BCUT2D eigenvalue weighted by Gasteiger charge is -2.00. The molecule has 84 valence electrons. The molecule has 0 unspecified atom stereocenters. The lowest BCUT2D eigenvalue weighted by molar-refractivity contribution is 0.564. The van der Waals surface area contributed by atoms with Gasteiger partial charge in [-0.1, -0.05) is 11.6 Å². The molecule has 0 spiro atoms. The maximum Gasteiger partial charge on any atom is 0.193 e. The van der Waals surface area contributed by atoms with Gasteiger partial charge in [0.25, 0.3) is 0 Å². The summed E-state index contributed by atoms with van der Waals surface area (Å²) in [5.74, 6) is 0.485. The van der Waals surface area contributed by atoms with Crippen LogP contribution >= 0.6 is 11.6 Å². The maximum absolute atomic E-state index is 11.9. The van der Waals surface area contributed by atoms with Crippen molar-refractivity contribution < 1.29 is 8.83 Å². The molecule has 0 atom stereocenters. The number of rotatable bonds is 1. The van der Waals surface area contributed by atoms with Crippen LogP contribution in [0.15, 0.2) is 56.5 Å². The van der Waals surface area contributed by atoms with Gasteiger partial charge in [-0.2, -0.15) is 0 Å². The van der Waals surface area contributed by atoms with E-state index < -0.39 is 0 Å². The molecule has 1 aromatic carbocycles. The van der Waals surface area contributed by atoms with Crippen LogP contribution in [0.3, 0.4) is 0 Å². The Balaban J connectivity index is 2.32. The van der Waals surface area contributed by atoms with Gasteiger partial charge in [-0.3, -0.25) is 4.79 Å². The third kappa shape index (κ3) is 1.74. The SMILES string of the molecule is O=c1cc(-c2ccoc2)oc2ccc(Cl)cc12. The quantitative estimate of drug-likeness (QED) is 0.657. The number of fused-ring (bicyclic) bond motifs is 1. The average Bonchev–Trinajstić information content (AvgIpc) is 2.83. The van der Waals surface area contributed by atoms with Crippen LogP contribution in [0.1, 0.15) is 0 Å². The maximum atomic E-state index is 11.9. The molecule has 0 fully saturated rings. The molecule has 0 saturated carbocycles. The zero-order valence-electron chi connectivity index (χ0n) is 8.64. The first-order valence-electron chi connectivity index (χ1n) is 5.00. The van der Waals surface area contributed by atoms with Gasteiger partial charge in [-0.25, -0.2) is 0 Å². The first-order chi connectivity index (χ1) is 8.24. The summed E-state index contributed by atoms with van der Waals surface area (Å²) in [7, 11) is 0. The van der Waals surface area contributed by atoms with Crippen LogP contribution in [-0.2, 0) is 0 Å². The van der Waals surface area contributed by atoms with E-state index in [4.69, 9.17) is 20.4 Å². The minimum absolute atomic E-state index is 0.120. The van der Waals surface area contributed by atoms with Crippen molar-refractivity contribution in [3.63, 3.8) is 0 Å². The van der Waals surface area contributed by atoms with Crippen molar-refractivity contribution in [2.45, 2.75) is 0 Å². The largest absolute Gasteiger partial charge is 0.472 e. The average molecular weight is 247 g/mol. The van der Waals surface area contributed by atoms with E-state index in [9.17, 15) is 4.79 Å². The molecular weight excluding hydrogens is 240 g/mol. The van der Waals surface area contributed by atoms with Gasteiger partial charge in [0.05, 0.1) is 17.2 Å². The van der Waals surface area contributed by atoms with E-state index in [1.54, 1.807) is 24.3 Å². The summed E-state index contributed by atoms with van der Waals surface area (Å²) >= 11 is 5.83. The second-order valence-electron chi connectivity index (χ2n) is 3.63. The van der Waals surface area contributed by atoms with Gasteiger partial charge in [-0.15, -0.1) is 0 Å². The number of halogens is 1. The summed E-state index contributed by atoms with van der Waals surface area (Å²) in [4.78, 5) is 11.9. The zero-order valence-corrected chi connectivity index (χ0v) is 9.40. The highest BCUT2D eigenvalue weighted by atomic mass is 35.5. The van der Waals surface area contributed by atoms with Crippen molar-refractivity contribution in [3.8, 4) is 11.3 Å². The van der Waals surface area contributed by atoms with E-state index in [-0.39, 0.29) is 5.43 Å².